The molecule has 0 aliphatic carbocycles. The maximum atomic E-state index is 4.74. The van der Waals surface area contributed by atoms with Crippen molar-refractivity contribution >= 4 is 35.6 Å². The number of nitrogens with one attached hydrogen (secondary N) is 2. The smallest absolute Gasteiger partial charge is 0.191 e. The van der Waals surface area contributed by atoms with Gasteiger partial charge in [0.2, 0.25) is 0 Å². The molecule has 1 aliphatic heterocycles. The van der Waals surface area contributed by atoms with Crippen LogP contribution in [0.15, 0.2) is 48.0 Å². The number of piperidine rings is 1. The van der Waals surface area contributed by atoms with Crippen LogP contribution in [0.25, 0.3) is 0 Å². The average Bonchev–Trinajstić information content (AvgIpc) is 3.23. The summed E-state index contributed by atoms with van der Waals surface area (Å²) in [5.41, 5.74) is 1.32. The zero-order chi connectivity index (χ0) is 18.7. The van der Waals surface area contributed by atoms with Crippen molar-refractivity contribution in [1.82, 2.24) is 25.4 Å². The van der Waals surface area contributed by atoms with E-state index in [-0.39, 0.29) is 24.0 Å². The minimum Gasteiger partial charge on any atom is -0.371 e. The number of hydrogen-bond acceptors (Lipinski definition) is 4. The van der Waals surface area contributed by atoms with Gasteiger partial charge in [-0.25, -0.2) is 0 Å². The lowest BCUT2D eigenvalue weighted by atomic mass is 10.0. The topological polar surface area (TPSA) is 70.4 Å². The van der Waals surface area contributed by atoms with Crippen molar-refractivity contribution < 1.29 is 0 Å². The Hall–Kier alpha value is -1.84. The Morgan fingerprint density at radius 2 is 1.82 bits per heavy atom. The lowest BCUT2D eigenvalue weighted by Crippen LogP contribution is -2.48. The van der Waals surface area contributed by atoms with Gasteiger partial charge in [0.25, 0.3) is 0 Å². The maximum absolute atomic E-state index is 4.74. The van der Waals surface area contributed by atoms with Crippen molar-refractivity contribution in [1.29, 1.82) is 0 Å². The Morgan fingerprint density at radius 3 is 2.50 bits per heavy atom. The third kappa shape index (κ3) is 7.29. The van der Waals surface area contributed by atoms with Crippen LogP contribution < -0.4 is 15.5 Å². The van der Waals surface area contributed by atoms with Gasteiger partial charge in [0.05, 0.1) is 0 Å². The summed E-state index contributed by atoms with van der Waals surface area (Å²) in [5.74, 6) is 0.944. The lowest BCUT2D eigenvalue weighted by molar-refractivity contribution is 0.461. The molecule has 0 unspecified atom stereocenters. The van der Waals surface area contributed by atoms with E-state index in [1.165, 1.54) is 5.69 Å². The minimum atomic E-state index is 0. The molecule has 1 aromatic carbocycles. The molecule has 1 saturated heterocycles. The van der Waals surface area contributed by atoms with Crippen LogP contribution in [0.2, 0.25) is 0 Å². The van der Waals surface area contributed by atoms with E-state index in [0.29, 0.717) is 6.04 Å². The van der Waals surface area contributed by atoms with Crippen molar-refractivity contribution in [3.8, 4) is 0 Å². The molecular formula is C20H32IN7. The zero-order valence-electron chi connectivity index (χ0n) is 16.6. The van der Waals surface area contributed by atoms with Gasteiger partial charge in [0.15, 0.2) is 5.96 Å². The van der Waals surface area contributed by atoms with Gasteiger partial charge in [-0.15, -0.1) is 34.2 Å². The van der Waals surface area contributed by atoms with E-state index in [1.807, 2.05) is 4.57 Å². The first-order valence-electron chi connectivity index (χ1n) is 10.0. The van der Waals surface area contributed by atoms with E-state index in [4.69, 9.17) is 4.99 Å². The van der Waals surface area contributed by atoms with E-state index in [9.17, 15) is 0 Å². The fraction of sp³-hybridized carbons (Fsp3) is 0.550. The summed E-state index contributed by atoms with van der Waals surface area (Å²) in [6, 6.07) is 11.2. The molecule has 1 fully saturated rings. The van der Waals surface area contributed by atoms with E-state index in [2.05, 4.69) is 63.0 Å². The second-order valence-electron chi connectivity index (χ2n) is 6.91. The number of anilines is 1. The highest BCUT2D eigenvalue weighted by Gasteiger charge is 2.20. The van der Waals surface area contributed by atoms with Gasteiger partial charge >= 0.3 is 0 Å². The summed E-state index contributed by atoms with van der Waals surface area (Å²) in [6.45, 7) is 6.95. The van der Waals surface area contributed by atoms with Crippen molar-refractivity contribution in [2.75, 3.05) is 31.1 Å². The molecule has 7 nitrogen and oxygen atoms in total. The zero-order valence-corrected chi connectivity index (χ0v) is 19.0. The quantitative estimate of drug-likeness (QED) is 0.254. The van der Waals surface area contributed by atoms with Gasteiger partial charge in [-0.1, -0.05) is 18.2 Å². The predicted molar refractivity (Wildman–Crippen MR) is 125 cm³/mol. The van der Waals surface area contributed by atoms with Crippen LogP contribution in [0.3, 0.4) is 0 Å². The molecular weight excluding hydrogens is 465 g/mol. The van der Waals surface area contributed by atoms with Gasteiger partial charge in [-0.2, -0.15) is 0 Å². The van der Waals surface area contributed by atoms with Crippen molar-refractivity contribution in [2.24, 2.45) is 4.99 Å². The first-order valence-corrected chi connectivity index (χ1v) is 10.0. The van der Waals surface area contributed by atoms with Crippen molar-refractivity contribution in [2.45, 2.75) is 45.2 Å². The van der Waals surface area contributed by atoms with Crippen LogP contribution in [-0.4, -0.2) is 52.9 Å². The number of aryl methyl sites for hydroxylation is 1. The molecule has 154 valence electrons. The summed E-state index contributed by atoms with van der Waals surface area (Å²) in [5, 5.41) is 14.6. The van der Waals surface area contributed by atoms with E-state index in [0.717, 1.165) is 64.4 Å². The Morgan fingerprint density at radius 1 is 1.11 bits per heavy atom. The van der Waals surface area contributed by atoms with Gasteiger partial charge < -0.3 is 20.1 Å². The Labute approximate surface area is 185 Å². The van der Waals surface area contributed by atoms with Crippen LogP contribution in [0, 0.1) is 0 Å². The van der Waals surface area contributed by atoms with Crippen LogP contribution in [0.5, 0.6) is 0 Å². The first kappa shape index (κ1) is 22.4. The molecule has 2 aromatic rings. The normalized spacial score (nSPS) is 15.2. The van der Waals surface area contributed by atoms with Crippen LogP contribution in [-0.2, 0) is 6.54 Å². The summed E-state index contributed by atoms with van der Waals surface area (Å²) >= 11 is 0. The van der Waals surface area contributed by atoms with Gasteiger partial charge in [0.1, 0.15) is 12.7 Å². The number of aliphatic imine (C=N–C) groups is 1. The predicted octanol–water partition coefficient (Wildman–Crippen LogP) is 2.90. The SMILES string of the molecule is CCNC(=NCCCCn1cnnc1)NC1CCN(c2ccccc2)CC1.I. The lowest BCUT2D eigenvalue weighted by Gasteiger charge is -2.34. The molecule has 1 aromatic heterocycles. The molecule has 2 heterocycles. The highest BCUT2D eigenvalue weighted by Crippen LogP contribution is 2.19. The van der Waals surface area contributed by atoms with Gasteiger partial charge in [-0.3, -0.25) is 4.99 Å². The Balaban J connectivity index is 0.00000280. The number of rotatable bonds is 8. The number of hydrogen-bond donors (Lipinski definition) is 2. The highest BCUT2D eigenvalue weighted by atomic mass is 127. The third-order valence-electron chi connectivity index (χ3n) is 4.86. The molecule has 1 aliphatic rings. The summed E-state index contributed by atoms with van der Waals surface area (Å²) < 4.78 is 2.01. The second kappa shape index (κ2) is 12.6. The Kier molecular flexibility index (Phi) is 10.1. The standard InChI is InChI=1S/C20H31N7.HI/c1-2-21-20(22-12-6-7-13-26-16-23-24-17-26)25-18-10-14-27(15-11-18)19-8-4-3-5-9-19;/h3-5,8-9,16-18H,2,6-7,10-15H2,1H3,(H2,21,22,25);1H. The maximum Gasteiger partial charge on any atom is 0.191 e. The average molecular weight is 497 g/mol. The summed E-state index contributed by atoms with van der Waals surface area (Å²) in [4.78, 5) is 7.21. The second-order valence-corrected chi connectivity index (χ2v) is 6.91. The summed E-state index contributed by atoms with van der Waals surface area (Å²) in [6.07, 6.45) is 7.92. The van der Waals surface area contributed by atoms with E-state index in [1.54, 1.807) is 12.7 Å². The first-order chi connectivity index (χ1) is 13.3. The number of guanidine groups is 1. The Bertz CT molecular complexity index is 667. The summed E-state index contributed by atoms with van der Waals surface area (Å²) in [7, 11) is 0. The number of unbranched alkanes of at least 4 members (excludes halogenated alkanes) is 1. The van der Waals surface area contributed by atoms with Crippen molar-refractivity contribution in [3.05, 3.63) is 43.0 Å². The highest BCUT2D eigenvalue weighted by molar-refractivity contribution is 14.0. The molecule has 0 atom stereocenters. The van der Waals surface area contributed by atoms with Crippen LogP contribution in [0.1, 0.15) is 32.6 Å². The van der Waals surface area contributed by atoms with E-state index >= 15 is 0 Å². The molecule has 2 N–H and O–H groups in total. The molecule has 0 spiro atoms. The van der Waals surface area contributed by atoms with Crippen LogP contribution >= 0.6 is 24.0 Å². The fourth-order valence-corrected chi connectivity index (χ4v) is 3.37. The largest absolute Gasteiger partial charge is 0.371 e. The molecule has 0 amide bonds. The fourth-order valence-electron chi connectivity index (χ4n) is 3.37. The minimum absolute atomic E-state index is 0. The van der Waals surface area contributed by atoms with Crippen molar-refractivity contribution in [3.63, 3.8) is 0 Å². The molecule has 28 heavy (non-hydrogen) atoms. The molecule has 0 saturated carbocycles. The molecule has 8 heteroatoms. The molecule has 0 bridgehead atoms. The van der Waals surface area contributed by atoms with Gasteiger partial charge in [-0.05, 0) is 44.7 Å². The third-order valence-corrected chi connectivity index (χ3v) is 4.86. The van der Waals surface area contributed by atoms with Crippen LogP contribution in [0.4, 0.5) is 5.69 Å². The van der Waals surface area contributed by atoms with Gasteiger partial charge in [0, 0.05) is 44.5 Å². The van der Waals surface area contributed by atoms with E-state index < -0.39 is 0 Å². The number of para-hydroxylation sites is 1. The number of nitrogens with zero attached hydrogens (tertiary/aromatic N) is 5. The number of halogens is 1. The molecule has 0 radical (unpaired) electrons. The monoisotopic (exact) mass is 497 g/mol. The number of aromatic nitrogens is 3. The molecule has 3 rings (SSSR count). The number of benzene rings is 1.